The SMILES string of the molecule is CC(=O)c1ccc(Oc2ccc3ccc(OC4=CCCC=C4)cc3c2)cc1. The van der Waals surface area contributed by atoms with Gasteiger partial charge in [0.25, 0.3) is 0 Å². The van der Waals surface area contributed by atoms with Crippen molar-refractivity contribution in [2.24, 2.45) is 0 Å². The van der Waals surface area contributed by atoms with E-state index in [1.165, 1.54) is 0 Å². The topological polar surface area (TPSA) is 35.5 Å². The maximum Gasteiger partial charge on any atom is 0.159 e. The number of hydrogen-bond acceptors (Lipinski definition) is 3. The van der Waals surface area contributed by atoms with Crippen LogP contribution in [0.1, 0.15) is 30.1 Å². The second-order valence-corrected chi connectivity index (χ2v) is 6.54. The number of ether oxygens (including phenoxy) is 2. The van der Waals surface area contributed by atoms with Gasteiger partial charge in [0.15, 0.2) is 5.78 Å². The number of hydrogen-bond donors (Lipinski definition) is 0. The Morgan fingerprint density at radius 2 is 1.44 bits per heavy atom. The van der Waals surface area contributed by atoms with Crippen molar-refractivity contribution in [3.05, 3.63) is 90.2 Å². The second kappa shape index (κ2) is 7.50. The lowest BCUT2D eigenvalue weighted by Crippen LogP contribution is -1.95. The van der Waals surface area contributed by atoms with Crippen LogP contribution in [0.4, 0.5) is 0 Å². The molecule has 4 rings (SSSR count). The molecule has 0 fully saturated rings. The number of carbonyl (C=O) groups is 1. The number of allylic oxidation sites excluding steroid dienone is 3. The fourth-order valence-corrected chi connectivity index (χ4v) is 3.02. The minimum atomic E-state index is 0.0442. The van der Waals surface area contributed by atoms with Crippen molar-refractivity contribution in [1.82, 2.24) is 0 Å². The maximum absolute atomic E-state index is 11.4. The average Bonchev–Trinajstić information content (AvgIpc) is 2.69. The van der Waals surface area contributed by atoms with Crippen LogP contribution in [0.15, 0.2) is 84.7 Å². The minimum Gasteiger partial charge on any atom is -0.458 e. The van der Waals surface area contributed by atoms with E-state index in [4.69, 9.17) is 9.47 Å². The van der Waals surface area contributed by atoms with E-state index in [9.17, 15) is 4.79 Å². The molecule has 27 heavy (non-hydrogen) atoms. The lowest BCUT2D eigenvalue weighted by atomic mass is 10.1. The summed E-state index contributed by atoms with van der Waals surface area (Å²) < 4.78 is 11.9. The van der Waals surface area contributed by atoms with E-state index in [0.717, 1.165) is 40.9 Å². The fourth-order valence-electron chi connectivity index (χ4n) is 3.02. The number of ketones is 1. The molecule has 1 aliphatic carbocycles. The van der Waals surface area contributed by atoms with Crippen LogP contribution in [0.3, 0.4) is 0 Å². The van der Waals surface area contributed by atoms with E-state index in [1.807, 2.05) is 54.6 Å². The zero-order chi connectivity index (χ0) is 18.6. The lowest BCUT2D eigenvalue weighted by molar-refractivity contribution is 0.101. The van der Waals surface area contributed by atoms with E-state index in [2.05, 4.69) is 12.2 Å². The number of Topliss-reactive ketones (excluding diaryl/α,β-unsaturated/α-hetero) is 1. The third-order valence-corrected chi connectivity index (χ3v) is 4.48. The number of rotatable bonds is 5. The van der Waals surface area contributed by atoms with Gasteiger partial charge in [0.1, 0.15) is 23.0 Å². The van der Waals surface area contributed by atoms with E-state index < -0.39 is 0 Å². The van der Waals surface area contributed by atoms with Crippen LogP contribution in [0, 0.1) is 0 Å². The number of carbonyl (C=O) groups excluding carboxylic acids is 1. The molecule has 0 bridgehead atoms. The molecule has 0 heterocycles. The van der Waals surface area contributed by atoms with Crippen molar-refractivity contribution >= 4 is 16.6 Å². The summed E-state index contributed by atoms with van der Waals surface area (Å²) in [4.78, 5) is 11.4. The van der Waals surface area contributed by atoms with Gasteiger partial charge in [-0.05, 0) is 91.2 Å². The predicted molar refractivity (Wildman–Crippen MR) is 108 cm³/mol. The predicted octanol–water partition coefficient (Wildman–Crippen LogP) is 6.45. The first kappa shape index (κ1) is 17.1. The lowest BCUT2D eigenvalue weighted by Gasteiger charge is -2.11. The highest BCUT2D eigenvalue weighted by molar-refractivity contribution is 5.94. The van der Waals surface area contributed by atoms with Gasteiger partial charge >= 0.3 is 0 Å². The molecule has 1 aliphatic rings. The molecule has 134 valence electrons. The van der Waals surface area contributed by atoms with Gasteiger partial charge < -0.3 is 9.47 Å². The van der Waals surface area contributed by atoms with Crippen molar-refractivity contribution < 1.29 is 14.3 Å². The quantitative estimate of drug-likeness (QED) is 0.493. The molecule has 3 heteroatoms. The molecule has 3 aromatic rings. The summed E-state index contributed by atoms with van der Waals surface area (Å²) in [5.41, 5.74) is 0.675. The zero-order valence-corrected chi connectivity index (χ0v) is 15.1. The van der Waals surface area contributed by atoms with E-state index in [1.54, 1.807) is 19.1 Å². The maximum atomic E-state index is 11.4. The molecule has 0 saturated carbocycles. The Morgan fingerprint density at radius 1 is 0.778 bits per heavy atom. The summed E-state index contributed by atoms with van der Waals surface area (Å²) >= 11 is 0. The monoisotopic (exact) mass is 356 g/mol. The summed E-state index contributed by atoms with van der Waals surface area (Å²) in [6.07, 6.45) is 8.32. The summed E-state index contributed by atoms with van der Waals surface area (Å²) in [7, 11) is 0. The minimum absolute atomic E-state index is 0.0442. The highest BCUT2D eigenvalue weighted by Crippen LogP contribution is 2.29. The molecule has 0 saturated heterocycles. The number of fused-ring (bicyclic) bond motifs is 1. The molecule has 0 N–H and O–H groups in total. The van der Waals surface area contributed by atoms with Crippen molar-refractivity contribution in [3.63, 3.8) is 0 Å². The molecule has 0 aliphatic heterocycles. The molecule has 0 unspecified atom stereocenters. The third-order valence-electron chi connectivity index (χ3n) is 4.48. The van der Waals surface area contributed by atoms with Gasteiger partial charge in [-0.1, -0.05) is 18.2 Å². The van der Waals surface area contributed by atoms with Crippen LogP contribution in [0.2, 0.25) is 0 Å². The van der Waals surface area contributed by atoms with Gasteiger partial charge in [0, 0.05) is 5.56 Å². The summed E-state index contributed by atoms with van der Waals surface area (Å²) in [6.45, 7) is 1.55. The van der Waals surface area contributed by atoms with Crippen molar-refractivity contribution in [1.29, 1.82) is 0 Å². The standard InChI is InChI=1S/C24H20O3/c1-17(25)18-7-11-22(12-8-18)27-24-14-10-19-9-13-23(15-20(19)16-24)26-21-5-3-2-4-6-21/h3,5-16H,2,4H2,1H3. The molecule has 0 aromatic heterocycles. The molecule has 3 aromatic carbocycles. The molecule has 0 radical (unpaired) electrons. The van der Waals surface area contributed by atoms with Gasteiger partial charge in [-0.25, -0.2) is 0 Å². The number of benzene rings is 3. The highest BCUT2D eigenvalue weighted by atomic mass is 16.5. The first-order valence-electron chi connectivity index (χ1n) is 9.05. The van der Waals surface area contributed by atoms with Gasteiger partial charge in [-0.3, -0.25) is 4.79 Å². The molecule has 0 atom stereocenters. The second-order valence-electron chi connectivity index (χ2n) is 6.54. The summed E-state index contributed by atoms with van der Waals surface area (Å²) in [5.74, 6) is 3.18. The first-order chi connectivity index (χ1) is 13.2. The average molecular weight is 356 g/mol. The summed E-state index contributed by atoms with van der Waals surface area (Å²) in [6, 6.07) is 19.2. The van der Waals surface area contributed by atoms with Crippen LogP contribution in [0.25, 0.3) is 10.8 Å². The molecule has 0 amide bonds. The van der Waals surface area contributed by atoms with E-state index in [-0.39, 0.29) is 5.78 Å². The van der Waals surface area contributed by atoms with Crippen molar-refractivity contribution in [3.8, 4) is 17.2 Å². The smallest absolute Gasteiger partial charge is 0.159 e. The van der Waals surface area contributed by atoms with Gasteiger partial charge in [0.05, 0.1) is 0 Å². The molecule has 0 spiro atoms. The Morgan fingerprint density at radius 3 is 2.07 bits per heavy atom. The van der Waals surface area contributed by atoms with Gasteiger partial charge in [-0.2, -0.15) is 0 Å². The van der Waals surface area contributed by atoms with Crippen LogP contribution in [-0.4, -0.2) is 5.78 Å². The largest absolute Gasteiger partial charge is 0.458 e. The van der Waals surface area contributed by atoms with Gasteiger partial charge in [0.2, 0.25) is 0 Å². The normalized spacial score (nSPS) is 13.3. The Labute approximate surface area is 158 Å². The first-order valence-corrected chi connectivity index (χ1v) is 9.05. The van der Waals surface area contributed by atoms with Crippen LogP contribution in [-0.2, 0) is 0 Å². The summed E-state index contributed by atoms with van der Waals surface area (Å²) in [5, 5.41) is 2.17. The van der Waals surface area contributed by atoms with E-state index in [0.29, 0.717) is 11.3 Å². The van der Waals surface area contributed by atoms with Crippen LogP contribution in [0.5, 0.6) is 17.2 Å². The zero-order valence-electron chi connectivity index (χ0n) is 15.1. The van der Waals surface area contributed by atoms with Crippen molar-refractivity contribution in [2.75, 3.05) is 0 Å². The molecular formula is C24H20O3. The third kappa shape index (κ3) is 4.09. The van der Waals surface area contributed by atoms with Crippen LogP contribution < -0.4 is 9.47 Å². The molecular weight excluding hydrogens is 336 g/mol. The fraction of sp³-hybridized carbons (Fsp3) is 0.125. The van der Waals surface area contributed by atoms with Crippen molar-refractivity contribution in [2.45, 2.75) is 19.8 Å². The Bertz CT molecular complexity index is 1040. The molecule has 3 nitrogen and oxygen atoms in total. The Hall–Kier alpha value is -3.33. The Balaban J connectivity index is 1.56. The van der Waals surface area contributed by atoms with Gasteiger partial charge in [-0.15, -0.1) is 0 Å². The Kier molecular flexibility index (Phi) is 4.75. The highest BCUT2D eigenvalue weighted by Gasteiger charge is 2.05. The van der Waals surface area contributed by atoms with Crippen LogP contribution >= 0.6 is 0 Å². The van der Waals surface area contributed by atoms with E-state index >= 15 is 0 Å².